The Morgan fingerprint density at radius 2 is 2.09 bits per heavy atom. The molecular weight excluding hydrogens is 404 g/mol. The number of hydrogen-bond acceptors (Lipinski definition) is 5. The topological polar surface area (TPSA) is 72.9 Å². The third-order valence-electron chi connectivity index (χ3n) is 6.10. The number of likely N-dealkylation sites (tertiary alicyclic amines) is 1. The molecule has 7 heteroatoms. The Kier molecular flexibility index (Phi) is 5.39. The monoisotopic (exact) mass is 430 g/mol. The van der Waals surface area contributed by atoms with E-state index in [0.29, 0.717) is 24.6 Å². The number of aromatic nitrogens is 3. The molecule has 1 aliphatic heterocycles. The number of imidazole rings is 1. The predicted octanol–water partition coefficient (Wildman–Crippen LogP) is 4.25. The first-order valence-corrected chi connectivity index (χ1v) is 10.9. The number of para-hydroxylation sites is 1. The predicted molar refractivity (Wildman–Crippen MR) is 120 cm³/mol. The van der Waals surface area contributed by atoms with Crippen molar-refractivity contribution in [3.05, 3.63) is 83.5 Å². The zero-order valence-electron chi connectivity index (χ0n) is 18.3. The summed E-state index contributed by atoms with van der Waals surface area (Å²) in [5.41, 5.74) is 3.37. The normalized spacial score (nSPS) is 16.4. The number of hydrogen-bond donors (Lipinski definition) is 0. The summed E-state index contributed by atoms with van der Waals surface area (Å²) in [4.78, 5) is 24.1. The van der Waals surface area contributed by atoms with Gasteiger partial charge in [0.1, 0.15) is 22.9 Å². The number of methoxy groups -OCH3 is 1. The first-order chi connectivity index (χ1) is 15.6. The van der Waals surface area contributed by atoms with Crippen molar-refractivity contribution in [2.75, 3.05) is 20.2 Å². The fourth-order valence-electron chi connectivity index (χ4n) is 4.41. The number of pyridine rings is 1. The molecule has 1 unspecified atom stereocenters. The van der Waals surface area contributed by atoms with E-state index in [9.17, 15) is 4.79 Å². The molecule has 32 heavy (non-hydrogen) atoms. The van der Waals surface area contributed by atoms with Gasteiger partial charge in [0.2, 0.25) is 0 Å². The Bertz CT molecular complexity index is 1260. The van der Waals surface area contributed by atoms with Crippen molar-refractivity contribution >= 4 is 11.6 Å². The smallest absolute Gasteiger partial charge is 0.274 e. The van der Waals surface area contributed by atoms with E-state index in [1.165, 1.54) is 0 Å². The minimum atomic E-state index is -0.0430. The SMILES string of the molecule is COc1ccccc1Cc1cnc(C2CCCN(C(=O)c3cn4c(C)cccc4n3)C2)o1. The van der Waals surface area contributed by atoms with Crippen LogP contribution in [0.15, 0.2) is 59.3 Å². The van der Waals surface area contributed by atoms with E-state index in [1.807, 2.05) is 64.9 Å². The molecule has 1 aliphatic rings. The van der Waals surface area contributed by atoms with Gasteiger partial charge in [-0.25, -0.2) is 9.97 Å². The number of carbonyl (C=O) groups is 1. The van der Waals surface area contributed by atoms with Gasteiger partial charge in [0, 0.05) is 37.0 Å². The summed E-state index contributed by atoms with van der Waals surface area (Å²) in [5.74, 6) is 2.36. The second-order valence-corrected chi connectivity index (χ2v) is 8.27. The van der Waals surface area contributed by atoms with Crippen LogP contribution >= 0.6 is 0 Å². The molecule has 0 saturated carbocycles. The van der Waals surface area contributed by atoms with E-state index in [2.05, 4.69) is 9.97 Å². The number of piperidine rings is 1. The number of fused-ring (bicyclic) bond motifs is 1. The summed E-state index contributed by atoms with van der Waals surface area (Å²) in [6.45, 7) is 3.31. The van der Waals surface area contributed by atoms with Crippen LogP contribution in [0, 0.1) is 6.92 Å². The quantitative estimate of drug-likeness (QED) is 0.473. The minimum Gasteiger partial charge on any atom is -0.496 e. The number of benzene rings is 1. The minimum absolute atomic E-state index is 0.0430. The van der Waals surface area contributed by atoms with Crippen LogP contribution in [0.3, 0.4) is 0 Å². The van der Waals surface area contributed by atoms with Crippen LogP contribution < -0.4 is 4.74 Å². The maximum absolute atomic E-state index is 13.2. The largest absolute Gasteiger partial charge is 0.496 e. The Morgan fingerprint density at radius 3 is 2.94 bits per heavy atom. The maximum Gasteiger partial charge on any atom is 0.274 e. The second kappa shape index (κ2) is 8.49. The van der Waals surface area contributed by atoms with Crippen LogP contribution in [-0.4, -0.2) is 45.4 Å². The van der Waals surface area contributed by atoms with E-state index >= 15 is 0 Å². The summed E-state index contributed by atoms with van der Waals surface area (Å²) in [6.07, 6.45) is 6.09. The van der Waals surface area contributed by atoms with Crippen LogP contribution in [0.4, 0.5) is 0 Å². The molecule has 4 aromatic rings. The summed E-state index contributed by atoms with van der Waals surface area (Å²) in [7, 11) is 1.67. The zero-order valence-corrected chi connectivity index (χ0v) is 18.3. The lowest BCUT2D eigenvalue weighted by Gasteiger charge is -2.30. The average molecular weight is 431 g/mol. The molecule has 0 aliphatic carbocycles. The molecule has 0 N–H and O–H groups in total. The van der Waals surface area contributed by atoms with Crippen molar-refractivity contribution in [1.29, 1.82) is 0 Å². The number of carbonyl (C=O) groups excluding carboxylic acids is 1. The third-order valence-corrected chi connectivity index (χ3v) is 6.10. The summed E-state index contributed by atoms with van der Waals surface area (Å²) >= 11 is 0. The molecule has 0 radical (unpaired) electrons. The van der Waals surface area contributed by atoms with Gasteiger partial charge in [-0.15, -0.1) is 0 Å². The van der Waals surface area contributed by atoms with Crippen LogP contribution in [0.25, 0.3) is 5.65 Å². The van der Waals surface area contributed by atoms with Crippen LogP contribution in [0.1, 0.15) is 52.2 Å². The standard InChI is InChI=1S/C25H26N4O3/c1-17-7-5-11-23-27-21(16-29(17)23)25(30)28-12-6-9-19(15-28)24-26-14-20(32-24)13-18-8-3-4-10-22(18)31-2/h3-5,7-8,10-11,14,16,19H,6,9,12-13,15H2,1-2H3. The van der Waals surface area contributed by atoms with Crippen molar-refractivity contribution in [1.82, 2.24) is 19.3 Å². The lowest BCUT2D eigenvalue weighted by atomic mass is 9.98. The van der Waals surface area contributed by atoms with Gasteiger partial charge < -0.3 is 18.5 Å². The molecule has 4 heterocycles. The van der Waals surface area contributed by atoms with Crippen LogP contribution in [-0.2, 0) is 6.42 Å². The van der Waals surface area contributed by atoms with E-state index in [-0.39, 0.29) is 11.8 Å². The molecule has 7 nitrogen and oxygen atoms in total. The van der Waals surface area contributed by atoms with E-state index in [4.69, 9.17) is 9.15 Å². The Labute approximate surface area is 186 Å². The van der Waals surface area contributed by atoms with Gasteiger partial charge in [0.25, 0.3) is 5.91 Å². The number of rotatable bonds is 5. The summed E-state index contributed by atoms with van der Waals surface area (Å²) < 4.78 is 13.5. The number of ether oxygens (including phenoxy) is 1. The molecule has 1 fully saturated rings. The van der Waals surface area contributed by atoms with Gasteiger partial charge in [-0.3, -0.25) is 4.79 Å². The van der Waals surface area contributed by atoms with Gasteiger partial charge in [0.15, 0.2) is 5.89 Å². The highest BCUT2D eigenvalue weighted by Crippen LogP contribution is 2.29. The van der Waals surface area contributed by atoms with Gasteiger partial charge >= 0.3 is 0 Å². The second-order valence-electron chi connectivity index (χ2n) is 8.27. The number of amides is 1. The highest BCUT2D eigenvalue weighted by molar-refractivity contribution is 5.93. The summed E-state index contributed by atoms with van der Waals surface area (Å²) in [5, 5.41) is 0. The lowest BCUT2D eigenvalue weighted by Crippen LogP contribution is -2.39. The van der Waals surface area contributed by atoms with Crippen molar-refractivity contribution < 1.29 is 13.9 Å². The highest BCUT2D eigenvalue weighted by atomic mass is 16.5. The van der Waals surface area contributed by atoms with Gasteiger partial charge in [0.05, 0.1) is 19.2 Å². The number of nitrogens with zero attached hydrogens (tertiary/aromatic N) is 4. The maximum atomic E-state index is 13.2. The molecule has 1 aromatic carbocycles. The fraction of sp³-hybridized carbons (Fsp3) is 0.320. The molecule has 0 bridgehead atoms. The Balaban J connectivity index is 1.30. The molecule has 1 amide bonds. The average Bonchev–Trinajstić information content (AvgIpc) is 3.47. The summed E-state index contributed by atoms with van der Waals surface area (Å²) in [6, 6.07) is 13.8. The Hall–Kier alpha value is -3.61. The fourth-order valence-corrected chi connectivity index (χ4v) is 4.41. The van der Waals surface area contributed by atoms with Crippen LogP contribution in [0.2, 0.25) is 0 Å². The zero-order chi connectivity index (χ0) is 22.1. The third kappa shape index (κ3) is 3.86. The van der Waals surface area contributed by atoms with Gasteiger partial charge in [-0.1, -0.05) is 24.3 Å². The van der Waals surface area contributed by atoms with Gasteiger partial charge in [-0.2, -0.15) is 0 Å². The molecular formula is C25H26N4O3. The molecule has 1 saturated heterocycles. The highest BCUT2D eigenvalue weighted by Gasteiger charge is 2.29. The van der Waals surface area contributed by atoms with Crippen molar-refractivity contribution in [2.45, 2.75) is 32.1 Å². The number of aryl methyl sites for hydroxylation is 1. The molecule has 3 aromatic heterocycles. The van der Waals surface area contributed by atoms with Crippen molar-refractivity contribution in [2.24, 2.45) is 0 Å². The lowest BCUT2D eigenvalue weighted by molar-refractivity contribution is 0.0692. The number of oxazole rings is 1. The van der Waals surface area contributed by atoms with Crippen molar-refractivity contribution in [3.8, 4) is 5.75 Å². The van der Waals surface area contributed by atoms with E-state index < -0.39 is 0 Å². The molecule has 0 spiro atoms. The first kappa shape index (κ1) is 20.3. The van der Waals surface area contributed by atoms with Crippen LogP contribution in [0.5, 0.6) is 5.75 Å². The molecule has 5 rings (SSSR count). The van der Waals surface area contributed by atoms with Crippen molar-refractivity contribution in [3.63, 3.8) is 0 Å². The first-order valence-electron chi connectivity index (χ1n) is 10.9. The van der Waals surface area contributed by atoms with E-state index in [1.54, 1.807) is 13.3 Å². The van der Waals surface area contributed by atoms with Gasteiger partial charge in [-0.05, 0) is 38.0 Å². The molecule has 1 atom stereocenters. The van der Waals surface area contributed by atoms with E-state index in [0.717, 1.165) is 47.8 Å². The Morgan fingerprint density at radius 1 is 1.22 bits per heavy atom. The molecule has 164 valence electrons.